The Morgan fingerprint density at radius 3 is 2.67 bits per heavy atom. The minimum absolute atomic E-state index is 0.290. The highest BCUT2D eigenvalue weighted by Gasteiger charge is 2.13. The summed E-state index contributed by atoms with van der Waals surface area (Å²) >= 11 is 2.38. The Bertz CT molecular complexity index is 333. The first-order valence-electron chi connectivity index (χ1n) is 5.30. The molecule has 0 aliphatic carbocycles. The molecule has 1 rings (SSSR count). The molecule has 82 valence electrons. The molecule has 1 nitrogen and oxygen atoms in total. The summed E-state index contributed by atoms with van der Waals surface area (Å²) < 4.78 is 1.30. The predicted molar refractivity (Wildman–Crippen MR) is 75.0 cm³/mol. The smallest absolute Gasteiger partial charge is 0.0541 e. The molecule has 0 aliphatic rings. The van der Waals surface area contributed by atoms with Crippen molar-refractivity contribution in [3.63, 3.8) is 0 Å². The zero-order chi connectivity index (χ0) is 11.3. The Balaban J connectivity index is 2.89. The van der Waals surface area contributed by atoms with E-state index in [1.807, 2.05) is 0 Å². The van der Waals surface area contributed by atoms with Crippen LogP contribution in [0, 0.1) is 3.57 Å². The number of hydrogen-bond acceptors (Lipinski definition) is 1. The van der Waals surface area contributed by atoms with Gasteiger partial charge in [-0.05, 0) is 54.1 Å². The average molecular weight is 315 g/mol. The Kier molecular flexibility index (Phi) is 5.32. The highest BCUT2D eigenvalue weighted by atomic mass is 127. The first-order chi connectivity index (χ1) is 7.16. The third-order valence-electron chi connectivity index (χ3n) is 2.31. The molecule has 0 saturated heterocycles. The highest BCUT2D eigenvalue weighted by molar-refractivity contribution is 14.1. The number of hydrogen-bond donors (Lipinski definition) is 1. The summed E-state index contributed by atoms with van der Waals surface area (Å²) in [5.74, 6) is 0. The van der Waals surface area contributed by atoms with E-state index in [0.717, 1.165) is 13.0 Å². The van der Waals surface area contributed by atoms with Crippen molar-refractivity contribution in [1.82, 2.24) is 5.32 Å². The van der Waals surface area contributed by atoms with Crippen molar-refractivity contribution in [2.75, 3.05) is 6.54 Å². The Morgan fingerprint density at radius 1 is 1.47 bits per heavy atom. The lowest BCUT2D eigenvalue weighted by molar-refractivity contribution is 0.589. The lowest BCUT2D eigenvalue weighted by atomic mass is 10.0. The molecule has 0 aromatic heterocycles. The van der Waals surface area contributed by atoms with Crippen LogP contribution in [-0.2, 0) is 0 Å². The van der Waals surface area contributed by atoms with E-state index in [2.05, 4.69) is 72.6 Å². The van der Waals surface area contributed by atoms with Crippen molar-refractivity contribution in [3.05, 3.63) is 45.6 Å². The molecular weight excluding hydrogens is 297 g/mol. The molecule has 0 spiro atoms. The maximum atomic E-state index is 4.06. The molecule has 1 aromatic rings. The first-order valence-corrected chi connectivity index (χ1v) is 6.38. The number of benzene rings is 1. The summed E-state index contributed by atoms with van der Waals surface area (Å²) in [4.78, 5) is 0. The molecule has 0 fully saturated rings. The normalized spacial score (nSPS) is 12.5. The monoisotopic (exact) mass is 315 g/mol. The van der Waals surface area contributed by atoms with Crippen LogP contribution in [0.3, 0.4) is 0 Å². The maximum Gasteiger partial charge on any atom is 0.0541 e. The van der Waals surface area contributed by atoms with E-state index in [0.29, 0.717) is 0 Å². The SMILES string of the molecule is C=C(C)C(NCCC)c1ccccc1I. The molecule has 0 saturated carbocycles. The Labute approximate surface area is 106 Å². The lowest BCUT2D eigenvalue weighted by Crippen LogP contribution is -2.23. The van der Waals surface area contributed by atoms with Crippen molar-refractivity contribution in [2.24, 2.45) is 0 Å². The average Bonchev–Trinajstić information content (AvgIpc) is 2.20. The van der Waals surface area contributed by atoms with Gasteiger partial charge in [0.2, 0.25) is 0 Å². The van der Waals surface area contributed by atoms with Gasteiger partial charge in [-0.2, -0.15) is 0 Å². The third-order valence-corrected chi connectivity index (χ3v) is 3.29. The molecule has 0 heterocycles. The van der Waals surface area contributed by atoms with Gasteiger partial charge < -0.3 is 5.32 Å². The van der Waals surface area contributed by atoms with E-state index in [-0.39, 0.29) is 6.04 Å². The van der Waals surface area contributed by atoms with Crippen LogP contribution in [0.4, 0.5) is 0 Å². The summed E-state index contributed by atoms with van der Waals surface area (Å²) in [6.07, 6.45) is 1.15. The van der Waals surface area contributed by atoms with Gasteiger partial charge in [0.25, 0.3) is 0 Å². The molecule has 2 heteroatoms. The number of nitrogens with one attached hydrogen (secondary N) is 1. The minimum atomic E-state index is 0.290. The van der Waals surface area contributed by atoms with Gasteiger partial charge in [0.05, 0.1) is 6.04 Å². The van der Waals surface area contributed by atoms with Gasteiger partial charge in [0.15, 0.2) is 0 Å². The van der Waals surface area contributed by atoms with Crippen LogP contribution in [-0.4, -0.2) is 6.54 Å². The molecule has 1 atom stereocenters. The van der Waals surface area contributed by atoms with Crippen LogP contribution in [0.5, 0.6) is 0 Å². The molecule has 0 radical (unpaired) electrons. The topological polar surface area (TPSA) is 12.0 Å². The van der Waals surface area contributed by atoms with Crippen molar-refractivity contribution in [2.45, 2.75) is 26.3 Å². The van der Waals surface area contributed by atoms with E-state index in [9.17, 15) is 0 Å². The Hall–Kier alpha value is -0.350. The standard InChI is InChI=1S/C13H18IN/c1-4-9-15-13(10(2)3)11-7-5-6-8-12(11)14/h5-8,13,15H,2,4,9H2,1,3H3. The third kappa shape index (κ3) is 3.61. The second-order valence-electron chi connectivity index (χ2n) is 3.76. The van der Waals surface area contributed by atoms with Crippen LogP contribution in [0.25, 0.3) is 0 Å². The van der Waals surface area contributed by atoms with E-state index in [4.69, 9.17) is 0 Å². The van der Waals surface area contributed by atoms with Crippen LogP contribution >= 0.6 is 22.6 Å². The van der Waals surface area contributed by atoms with Gasteiger partial charge in [-0.15, -0.1) is 0 Å². The van der Waals surface area contributed by atoms with Gasteiger partial charge in [0, 0.05) is 3.57 Å². The molecule has 1 aromatic carbocycles. The largest absolute Gasteiger partial charge is 0.307 e. The van der Waals surface area contributed by atoms with E-state index < -0.39 is 0 Å². The molecule has 0 aliphatic heterocycles. The molecule has 1 N–H and O–H groups in total. The van der Waals surface area contributed by atoms with Crippen LogP contribution < -0.4 is 5.32 Å². The summed E-state index contributed by atoms with van der Waals surface area (Å²) in [5.41, 5.74) is 2.51. The van der Waals surface area contributed by atoms with E-state index >= 15 is 0 Å². The van der Waals surface area contributed by atoms with E-state index in [1.165, 1.54) is 14.7 Å². The van der Waals surface area contributed by atoms with Crippen LogP contribution in [0.2, 0.25) is 0 Å². The summed E-state index contributed by atoms with van der Waals surface area (Å²) in [6, 6.07) is 8.75. The first kappa shape index (κ1) is 12.7. The molecular formula is C13H18IN. The van der Waals surface area contributed by atoms with Gasteiger partial charge in [-0.1, -0.05) is 37.3 Å². The zero-order valence-corrected chi connectivity index (χ0v) is 11.5. The second kappa shape index (κ2) is 6.28. The lowest BCUT2D eigenvalue weighted by Gasteiger charge is -2.20. The minimum Gasteiger partial charge on any atom is -0.307 e. The van der Waals surface area contributed by atoms with Gasteiger partial charge in [-0.25, -0.2) is 0 Å². The summed E-state index contributed by atoms with van der Waals surface area (Å²) in [6.45, 7) is 9.35. The quantitative estimate of drug-likeness (QED) is 0.642. The fraction of sp³-hybridized carbons (Fsp3) is 0.385. The van der Waals surface area contributed by atoms with Gasteiger partial charge in [-0.3, -0.25) is 0 Å². The second-order valence-corrected chi connectivity index (χ2v) is 4.92. The number of halogens is 1. The highest BCUT2D eigenvalue weighted by Crippen LogP contribution is 2.24. The summed E-state index contributed by atoms with van der Waals surface area (Å²) in [5, 5.41) is 3.52. The molecule has 15 heavy (non-hydrogen) atoms. The summed E-state index contributed by atoms with van der Waals surface area (Å²) in [7, 11) is 0. The van der Waals surface area contributed by atoms with Gasteiger partial charge >= 0.3 is 0 Å². The van der Waals surface area contributed by atoms with Crippen molar-refractivity contribution in [3.8, 4) is 0 Å². The predicted octanol–water partition coefficient (Wildman–Crippen LogP) is 3.91. The maximum absolute atomic E-state index is 4.06. The van der Waals surface area contributed by atoms with Crippen molar-refractivity contribution < 1.29 is 0 Å². The fourth-order valence-corrected chi connectivity index (χ4v) is 2.25. The number of rotatable bonds is 5. The molecule has 0 amide bonds. The fourth-order valence-electron chi connectivity index (χ4n) is 1.55. The van der Waals surface area contributed by atoms with Crippen LogP contribution in [0.1, 0.15) is 31.9 Å². The zero-order valence-electron chi connectivity index (χ0n) is 9.39. The van der Waals surface area contributed by atoms with E-state index in [1.54, 1.807) is 0 Å². The van der Waals surface area contributed by atoms with Crippen LogP contribution in [0.15, 0.2) is 36.4 Å². The molecule has 0 bridgehead atoms. The van der Waals surface area contributed by atoms with Gasteiger partial charge in [0.1, 0.15) is 0 Å². The Morgan fingerprint density at radius 2 is 2.13 bits per heavy atom. The molecule has 1 unspecified atom stereocenters. The van der Waals surface area contributed by atoms with Crippen molar-refractivity contribution in [1.29, 1.82) is 0 Å². The van der Waals surface area contributed by atoms with Crippen molar-refractivity contribution >= 4 is 22.6 Å².